The molecule has 1 saturated heterocycles. The van der Waals surface area contributed by atoms with Crippen LogP contribution in [0.25, 0.3) is 0 Å². The monoisotopic (exact) mass is 303 g/mol. The minimum atomic E-state index is -0.852. The third kappa shape index (κ3) is 3.87. The van der Waals surface area contributed by atoms with Crippen molar-refractivity contribution in [2.45, 2.75) is 52.5 Å². The second-order valence-electron chi connectivity index (χ2n) is 7.01. The van der Waals surface area contributed by atoms with Crippen molar-refractivity contribution in [3.63, 3.8) is 0 Å². The van der Waals surface area contributed by atoms with Crippen LogP contribution >= 0.6 is 0 Å². The topological polar surface area (TPSA) is 57.6 Å². The Morgan fingerprint density at radius 2 is 1.95 bits per heavy atom. The average Bonchev–Trinajstić information content (AvgIpc) is 2.86. The summed E-state index contributed by atoms with van der Waals surface area (Å²) >= 11 is 0. The highest BCUT2D eigenvalue weighted by Gasteiger charge is 2.34. The number of hydrogen-bond donors (Lipinski definition) is 1. The highest BCUT2D eigenvalue weighted by atomic mass is 16.4. The Morgan fingerprint density at radius 1 is 1.27 bits per heavy atom. The summed E-state index contributed by atoms with van der Waals surface area (Å²) in [5, 5.41) is 8.97. The molecule has 0 radical (unpaired) electrons. The molecule has 4 heteroatoms. The maximum Gasteiger partial charge on any atom is 0.303 e. The van der Waals surface area contributed by atoms with Gasteiger partial charge in [0, 0.05) is 13.0 Å². The molecule has 0 unspecified atom stereocenters. The molecule has 0 spiro atoms. The molecule has 4 nitrogen and oxygen atoms in total. The van der Waals surface area contributed by atoms with Crippen molar-refractivity contribution in [3.8, 4) is 0 Å². The van der Waals surface area contributed by atoms with Crippen LogP contribution < -0.4 is 0 Å². The van der Waals surface area contributed by atoms with E-state index in [1.807, 2.05) is 30.9 Å². The number of carbonyl (C=O) groups excluding carboxylic acids is 1. The number of rotatable bonds is 5. The first-order valence-corrected chi connectivity index (χ1v) is 7.87. The molecule has 0 bridgehead atoms. The zero-order valence-electron chi connectivity index (χ0n) is 13.6. The number of amides is 1. The van der Waals surface area contributed by atoms with E-state index in [1.165, 1.54) is 11.1 Å². The van der Waals surface area contributed by atoms with E-state index in [-0.39, 0.29) is 24.8 Å². The molecule has 1 aliphatic heterocycles. The Bertz CT molecular complexity index is 565. The molecule has 1 aliphatic rings. The fourth-order valence-corrected chi connectivity index (χ4v) is 3.33. The molecular formula is C18H25NO3. The minimum Gasteiger partial charge on any atom is -0.481 e. The molecule has 1 heterocycles. The summed E-state index contributed by atoms with van der Waals surface area (Å²) in [5.74, 6) is -0.785. The van der Waals surface area contributed by atoms with Crippen LogP contribution in [0.5, 0.6) is 0 Å². The van der Waals surface area contributed by atoms with E-state index in [0.717, 1.165) is 19.4 Å². The molecule has 1 N–H and O–H groups in total. The predicted molar refractivity (Wildman–Crippen MR) is 85.5 cm³/mol. The molecule has 0 saturated carbocycles. The fourth-order valence-electron chi connectivity index (χ4n) is 3.33. The van der Waals surface area contributed by atoms with Crippen molar-refractivity contribution in [3.05, 3.63) is 35.4 Å². The van der Waals surface area contributed by atoms with Crippen LogP contribution in [0, 0.1) is 12.3 Å². The molecule has 120 valence electrons. The number of aryl methyl sites for hydroxylation is 1. The maximum atomic E-state index is 12.7. The van der Waals surface area contributed by atoms with Gasteiger partial charge in [-0.25, -0.2) is 0 Å². The van der Waals surface area contributed by atoms with Crippen molar-refractivity contribution < 1.29 is 14.7 Å². The van der Waals surface area contributed by atoms with Gasteiger partial charge in [-0.3, -0.25) is 9.59 Å². The van der Waals surface area contributed by atoms with Gasteiger partial charge in [-0.2, -0.15) is 0 Å². The Morgan fingerprint density at radius 3 is 2.59 bits per heavy atom. The van der Waals surface area contributed by atoms with Crippen LogP contribution in [0.4, 0.5) is 0 Å². The Kier molecular flexibility index (Phi) is 4.89. The first kappa shape index (κ1) is 16.5. The fraction of sp³-hybridized carbons (Fsp3) is 0.556. The average molecular weight is 303 g/mol. The van der Waals surface area contributed by atoms with Crippen molar-refractivity contribution >= 4 is 11.9 Å². The smallest absolute Gasteiger partial charge is 0.303 e. The van der Waals surface area contributed by atoms with Crippen LogP contribution in [0.1, 0.15) is 56.7 Å². The second-order valence-corrected chi connectivity index (χ2v) is 7.01. The van der Waals surface area contributed by atoms with Crippen molar-refractivity contribution in [1.82, 2.24) is 4.90 Å². The Hall–Kier alpha value is -1.84. The lowest BCUT2D eigenvalue weighted by atomic mass is 9.85. The summed E-state index contributed by atoms with van der Waals surface area (Å²) in [6.07, 6.45) is 2.28. The van der Waals surface area contributed by atoms with Crippen LogP contribution in [0.3, 0.4) is 0 Å². The number of hydrogen-bond acceptors (Lipinski definition) is 2. The quantitative estimate of drug-likeness (QED) is 0.905. The van der Waals surface area contributed by atoms with Gasteiger partial charge in [-0.15, -0.1) is 0 Å². The lowest BCUT2D eigenvalue weighted by molar-refractivity contribution is -0.141. The van der Waals surface area contributed by atoms with E-state index >= 15 is 0 Å². The van der Waals surface area contributed by atoms with Gasteiger partial charge in [0.1, 0.15) is 0 Å². The summed E-state index contributed by atoms with van der Waals surface area (Å²) in [6.45, 7) is 6.53. The molecule has 1 aromatic rings. The van der Waals surface area contributed by atoms with Crippen LogP contribution in [0.2, 0.25) is 0 Å². The molecule has 0 aliphatic carbocycles. The van der Waals surface area contributed by atoms with E-state index in [9.17, 15) is 9.59 Å². The second kappa shape index (κ2) is 6.51. The number of carboxylic acids is 1. The third-order valence-corrected chi connectivity index (χ3v) is 4.38. The van der Waals surface area contributed by atoms with Gasteiger partial charge in [0.15, 0.2) is 0 Å². The van der Waals surface area contributed by atoms with Gasteiger partial charge in [0.05, 0.1) is 12.5 Å². The summed E-state index contributed by atoms with van der Waals surface area (Å²) in [7, 11) is 0. The lowest BCUT2D eigenvalue weighted by Crippen LogP contribution is -2.34. The zero-order chi connectivity index (χ0) is 16.3. The number of likely N-dealkylation sites (tertiary alicyclic amines) is 1. The number of nitrogens with zero attached hydrogens (tertiary/aromatic N) is 1. The number of aliphatic carboxylic acids is 1. The molecular weight excluding hydrogens is 278 g/mol. The molecule has 1 aromatic carbocycles. The number of carbonyl (C=O) groups is 2. The maximum absolute atomic E-state index is 12.7. The largest absolute Gasteiger partial charge is 0.481 e. The van der Waals surface area contributed by atoms with Crippen molar-refractivity contribution in [2.24, 2.45) is 5.41 Å². The normalized spacial score (nSPS) is 18.5. The first-order valence-electron chi connectivity index (χ1n) is 7.87. The number of carboxylic acid groups (broad SMARTS) is 1. The Balaban J connectivity index is 2.12. The highest BCUT2D eigenvalue weighted by molar-refractivity contribution is 5.79. The van der Waals surface area contributed by atoms with Crippen molar-refractivity contribution in [2.75, 3.05) is 6.54 Å². The third-order valence-electron chi connectivity index (χ3n) is 4.38. The lowest BCUT2D eigenvalue weighted by Gasteiger charge is -2.30. The minimum absolute atomic E-state index is 0.0155. The van der Waals surface area contributed by atoms with Crippen molar-refractivity contribution in [1.29, 1.82) is 0 Å². The van der Waals surface area contributed by atoms with Crippen LogP contribution in [-0.4, -0.2) is 28.4 Å². The van der Waals surface area contributed by atoms with E-state index < -0.39 is 11.4 Å². The van der Waals surface area contributed by atoms with Gasteiger partial charge >= 0.3 is 5.97 Å². The van der Waals surface area contributed by atoms with E-state index in [4.69, 9.17) is 5.11 Å². The standard InChI is InChI=1S/C18H25NO3/c1-13-7-4-5-8-14(13)15-9-6-10-19(15)16(20)11-18(2,3)12-17(21)22/h4-5,7-8,15H,6,9-12H2,1-3H3,(H,21,22)/t15-/m1/s1. The summed E-state index contributed by atoms with van der Waals surface area (Å²) in [4.78, 5) is 25.5. The molecule has 1 fully saturated rings. The molecule has 1 amide bonds. The molecule has 22 heavy (non-hydrogen) atoms. The summed E-state index contributed by atoms with van der Waals surface area (Å²) in [6, 6.07) is 8.32. The molecule has 0 aromatic heterocycles. The van der Waals surface area contributed by atoms with E-state index in [1.54, 1.807) is 0 Å². The zero-order valence-corrected chi connectivity index (χ0v) is 13.6. The first-order chi connectivity index (χ1) is 10.3. The molecule has 1 atom stereocenters. The highest BCUT2D eigenvalue weighted by Crippen LogP contribution is 2.36. The van der Waals surface area contributed by atoms with Crippen LogP contribution in [-0.2, 0) is 9.59 Å². The summed E-state index contributed by atoms with van der Waals surface area (Å²) in [5.41, 5.74) is 1.91. The van der Waals surface area contributed by atoms with Gasteiger partial charge in [-0.1, -0.05) is 38.1 Å². The SMILES string of the molecule is Cc1ccccc1[C@H]1CCCN1C(=O)CC(C)(C)CC(=O)O. The van der Waals surface area contributed by atoms with Crippen LogP contribution in [0.15, 0.2) is 24.3 Å². The molecule has 2 rings (SSSR count). The number of benzene rings is 1. The summed E-state index contributed by atoms with van der Waals surface area (Å²) < 4.78 is 0. The van der Waals surface area contributed by atoms with E-state index in [2.05, 4.69) is 19.1 Å². The Labute approximate surface area is 132 Å². The van der Waals surface area contributed by atoms with Gasteiger partial charge < -0.3 is 10.0 Å². The van der Waals surface area contributed by atoms with Gasteiger partial charge in [-0.05, 0) is 36.3 Å². The van der Waals surface area contributed by atoms with E-state index in [0.29, 0.717) is 0 Å². The van der Waals surface area contributed by atoms with Gasteiger partial charge in [0.25, 0.3) is 0 Å². The predicted octanol–water partition coefficient (Wildman–Crippen LogP) is 3.55. The van der Waals surface area contributed by atoms with Gasteiger partial charge in [0.2, 0.25) is 5.91 Å².